The summed E-state index contributed by atoms with van der Waals surface area (Å²) in [6.45, 7) is 0. The zero-order chi connectivity index (χ0) is 23.3. The number of aliphatic carboxylic acids is 1. The van der Waals surface area contributed by atoms with Gasteiger partial charge in [0.25, 0.3) is 0 Å². The van der Waals surface area contributed by atoms with Gasteiger partial charge in [-0.1, -0.05) is 17.7 Å². The monoisotopic (exact) mass is 461 g/mol. The van der Waals surface area contributed by atoms with E-state index in [4.69, 9.17) is 26.8 Å². The summed E-state index contributed by atoms with van der Waals surface area (Å²) in [5.41, 5.74) is 0.223. The summed E-state index contributed by atoms with van der Waals surface area (Å²) in [6, 6.07) is 5.78. The first kappa shape index (κ1) is 22.8. The highest BCUT2D eigenvalue weighted by molar-refractivity contribution is 6.67. The first-order valence-corrected chi connectivity index (χ1v) is 9.58. The molecule has 0 bridgehead atoms. The van der Waals surface area contributed by atoms with Crippen LogP contribution >= 0.6 is 11.6 Å². The van der Waals surface area contributed by atoms with E-state index in [0.717, 1.165) is 18.4 Å². The molecule has 0 radical (unpaired) electrons. The molecule has 0 spiro atoms. The summed E-state index contributed by atoms with van der Waals surface area (Å²) in [7, 11) is 0. The standard InChI is InChI=1S/C21H18ClF2N5O3/c22-17(26)7-11(9-25)19-20(29-15(21(30)31)8-12-3-2-6-32-12)27-10-16(28-19)13-4-1-5-14(23)18(13)24/h1-7,9-10,15,25-29H,8H2,(H,30,31)/b11-7+,25-9?,26-17?. The van der Waals surface area contributed by atoms with E-state index in [9.17, 15) is 18.7 Å². The fourth-order valence-electron chi connectivity index (χ4n) is 2.96. The van der Waals surface area contributed by atoms with Crippen LogP contribution in [0.15, 0.2) is 70.4 Å². The van der Waals surface area contributed by atoms with Crippen molar-refractivity contribution in [2.45, 2.75) is 12.5 Å². The molecule has 0 saturated carbocycles. The van der Waals surface area contributed by atoms with Crippen molar-refractivity contribution in [3.63, 3.8) is 0 Å². The Bertz CT molecular complexity index is 1140. The molecule has 6 N–H and O–H groups in total. The lowest BCUT2D eigenvalue weighted by Crippen LogP contribution is -2.44. The number of nitrogens with one attached hydrogen (secondary N) is 5. The Hall–Kier alpha value is -3.92. The van der Waals surface area contributed by atoms with Gasteiger partial charge in [0.15, 0.2) is 11.6 Å². The molecule has 2 heterocycles. The first-order chi connectivity index (χ1) is 15.3. The van der Waals surface area contributed by atoms with Crippen LogP contribution in [0.4, 0.5) is 8.78 Å². The van der Waals surface area contributed by atoms with Gasteiger partial charge < -0.3 is 30.9 Å². The molecule has 1 unspecified atom stereocenters. The van der Waals surface area contributed by atoms with Crippen molar-refractivity contribution in [1.82, 2.24) is 16.0 Å². The SMILES string of the molecule is N=C/C(=C\C(=N)Cl)C1=C(NC(Cc2ccco2)C(=O)O)NC=C(c2cccc(F)c2F)N1. The van der Waals surface area contributed by atoms with E-state index in [-0.39, 0.29) is 34.8 Å². The van der Waals surface area contributed by atoms with Gasteiger partial charge in [-0.3, -0.25) is 5.41 Å². The van der Waals surface area contributed by atoms with Crippen LogP contribution in [0, 0.1) is 22.5 Å². The lowest BCUT2D eigenvalue weighted by atomic mass is 10.1. The number of rotatable bonds is 9. The second-order valence-electron chi connectivity index (χ2n) is 6.59. The Morgan fingerprint density at radius 3 is 2.72 bits per heavy atom. The third kappa shape index (κ3) is 5.22. The number of benzene rings is 1. The van der Waals surface area contributed by atoms with Crippen molar-refractivity contribution in [3.05, 3.63) is 88.9 Å². The van der Waals surface area contributed by atoms with Gasteiger partial charge in [-0.05, 0) is 30.3 Å². The van der Waals surface area contributed by atoms with Crippen LogP contribution in [0.1, 0.15) is 11.3 Å². The molecule has 1 aliphatic rings. The molecule has 0 aliphatic carbocycles. The van der Waals surface area contributed by atoms with E-state index < -0.39 is 28.8 Å². The number of carbonyl (C=O) groups is 1. The van der Waals surface area contributed by atoms with Gasteiger partial charge in [-0.2, -0.15) is 0 Å². The zero-order valence-electron chi connectivity index (χ0n) is 16.4. The van der Waals surface area contributed by atoms with Gasteiger partial charge in [0.1, 0.15) is 22.8 Å². The van der Waals surface area contributed by atoms with E-state index in [1.54, 1.807) is 12.1 Å². The molecule has 1 atom stereocenters. The minimum absolute atomic E-state index is 0.00481. The molecule has 0 amide bonds. The Morgan fingerprint density at radius 2 is 2.09 bits per heavy atom. The molecule has 1 aromatic carbocycles. The largest absolute Gasteiger partial charge is 0.480 e. The van der Waals surface area contributed by atoms with Gasteiger partial charge in [0, 0.05) is 30.0 Å². The van der Waals surface area contributed by atoms with Gasteiger partial charge in [-0.15, -0.1) is 0 Å². The van der Waals surface area contributed by atoms with Crippen LogP contribution in [0.5, 0.6) is 0 Å². The average Bonchev–Trinajstić information content (AvgIpc) is 3.27. The summed E-state index contributed by atoms with van der Waals surface area (Å²) in [5, 5.41) is 32.9. The number of carboxylic acids is 1. The van der Waals surface area contributed by atoms with Crippen LogP contribution in [0.2, 0.25) is 0 Å². The normalized spacial score (nSPS) is 14.7. The van der Waals surface area contributed by atoms with Crippen molar-refractivity contribution in [2.75, 3.05) is 0 Å². The summed E-state index contributed by atoms with van der Waals surface area (Å²) < 4.78 is 33.2. The van der Waals surface area contributed by atoms with Crippen molar-refractivity contribution in [2.24, 2.45) is 0 Å². The van der Waals surface area contributed by atoms with E-state index in [1.165, 1.54) is 24.6 Å². The predicted octanol–water partition coefficient (Wildman–Crippen LogP) is 3.30. The molecular formula is C21H18ClF2N5O3. The van der Waals surface area contributed by atoms with E-state index in [0.29, 0.717) is 5.76 Å². The van der Waals surface area contributed by atoms with E-state index in [2.05, 4.69) is 16.0 Å². The number of hydrogen-bond donors (Lipinski definition) is 6. The molecule has 11 heteroatoms. The van der Waals surface area contributed by atoms with Crippen LogP contribution in [-0.2, 0) is 11.2 Å². The number of carboxylic acid groups (broad SMARTS) is 1. The summed E-state index contributed by atoms with van der Waals surface area (Å²) in [5.74, 6) is -2.76. The average molecular weight is 462 g/mol. The fraction of sp³-hybridized carbons (Fsp3) is 0.0952. The van der Waals surface area contributed by atoms with Crippen LogP contribution in [-0.4, -0.2) is 28.5 Å². The van der Waals surface area contributed by atoms with E-state index >= 15 is 0 Å². The van der Waals surface area contributed by atoms with Crippen molar-refractivity contribution < 1.29 is 23.1 Å². The second kappa shape index (κ2) is 9.92. The molecule has 2 aromatic rings. The molecule has 1 aromatic heterocycles. The molecule has 0 fully saturated rings. The minimum Gasteiger partial charge on any atom is -0.480 e. The Kier molecular flexibility index (Phi) is 7.06. The molecule has 166 valence electrons. The highest BCUT2D eigenvalue weighted by Gasteiger charge is 2.26. The highest BCUT2D eigenvalue weighted by Crippen LogP contribution is 2.24. The number of halogens is 3. The predicted molar refractivity (Wildman–Crippen MR) is 115 cm³/mol. The molecule has 8 nitrogen and oxygen atoms in total. The topological polar surface area (TPSA) is 134 Å². The van der Waals surface area contributed by atoms with Gasteiger partial charge in [0.2, 0.25) is 0 Å². The fourth-order valence-corrected chi connectivity index (χ4v) is 3.08. The number of hydrogen-bond acceptors (Lipinski definition) is 7. The van der Waals surface area contributed by atoms with Crippen LogP contribution < -0.4 is 16.0 Å². The van der Waals surface area contributed by atoms with Crippen LogP contribution in [0.25, 0.3) is 5.70 Å². The van der Waals surface area contributed by atoms with Gasteiger partial charge in [-0.25, -0.2) is 13.6 Å². The highest BCUT2D eigenvalue weighted by atomic mass is 35.5. The first-order valence-electron chi connectivity index (χ1n) is 9.21. The molecule has 32 heavy (non-hydrogen) atoms. The lowest BCUT2D eigenvalue weighted by molar-refractivity contribution is -0.139. The Morgan fingerprint density at radius 1 is 1.31 bits per heavy atom. The third-order valence-electron chi connectivity index (χ3n) is 4.44. The van der Waals surface area contributed by atoms with Crippen molar-refractivity contribution >= 4 is 34.7 Å². The van der Waals surface area contributed by atoms with Crippen molar-refractivity contribution in [3.8, 4) is 0 Å². The minimum atomic E-state index is -1.17. The molecule has 3 rings (SSSR count). The maximum absolute atomic E-state index is 14.3. The molecule has 1 aliphatic heterocycles. The number of furan rings is 1. The molecule has 0 saturated heterocycles. The third-order valence-corrected chi connectivity index (χ3v) is 4.55. The maximum atomic E-state index is 14.3. The van der Waals surface area contributed by atoms with E-state index in [1.807, 2.05) is 0 Å². The van der Waals surface area contributed by atoms with Gasteiger partial charge >= 0.3 is 5.97 Å². The second-order valence-corrected chi connectivity index (χ2v) is 7.00. The van der Waals surface area contributed by atoms with Crippen LogP contribution in [0.3, 0.4) is 0 Å². The Balaban J connectivity index is 1.99. The lowest BCUT2D eigenvalue weighted by Gasteiger charge is -2.27. The number of allylic oxidation sites excluding steroid dienone is 2. The van der Waals surface area contributed by atoms with Gasteiger partial charge in [0.05, 0.1) is 17.7 Å². The smallest absolute Gasteiger partial charge is 0.326 e. The summed E-state index contributed by atoms with van der Waals surface area (Å²) in [6.07, 6.45) is 4.78. The zero-order valence-corrected chi connectivity index (χ0v) is 17.1. The maximum Gasteiger partial charge on any atom is 0.326 e. The van der Waals surface area contributed by atoms with Crippen molar-refractivity contribution in [1.29, 1.82) is 10.8 Å². The Labute approximate surface area is 186 Å². The summed E-state index contributed by atoms with van der Waals surface area (Å²) >= 11 is 5.65. The summed E-state index contributed by atoms with van der Waals surface area (Å²) in [4.78, 5) is 11.8. The quantitative estimate of drug-likeness (QED) is 0.317. The molecular weight excluding hydrogens is 444 g/mol.